The van der Waals surface area contributed by atoms with Crippen molar-refractivity contribution in [3.63, 3.8) is 0 Å². The molecule has 1 heterocycles. The lowest BCUT2D eigenvalue weighted by molar-refractivity contribution is -0.122. The van der Waals surface area contributed by atoms with E-state index in [-0.39, 0.29) is 11.7 Å². The van der Waals surface area contributed by atoms with Crippen LogP contribution < -0.4 is 4.74 Å². The van der Waals surface area contributed by atoms with Crippen LogP contribution in [0.1, 0.15) is 5.56 Å². The van der Waals surface area contributed by atoms with Crippen LogP contribution in [0.5, 0.6) is 5.75 Å². The summed E-state index contributed by atoms with van der Waals surface area (Å²) in [5, 5.41) is 1.12. The van der Waals surface area contributed by atoms with Gasteiger partial charge in [0, 0.05) is 12.1 Å². The monoisotopic (exact) mass is 438 g/mol. The molecule has 2 aromatic rings. The Hall–Kier alpha value is -2.42. The van der Waals surface area contributed by atoms with E-state index in [1.54, 1.807) is 54.5 Å². The van der Waals surface area contributed by atoms with E-state index in [2.05, 4.69) is 9.73 Å². The number of benzene rings is 2. The van der Waals surface area contributed by atoms with Crippen LogP contribution in [0.25, 0.3) is 6.08 Å². The first kappa shape index (κ1) is 21.3. The molecule has 0 aromatic heterocycles. The van der Waals surface area contributed by atoms with Crippen LogP contribution in [-0.2, 0) is 9.53 Å². The Bertz CT molecular complexity index is 918. The molecule has 1 saturated heterocycles. The molecule has 0 spiro atoms. The topological polar surface area (TPSA) is 51.1 Å². The van der Waals surface area contributed by atoms with Gasteiger partial charge in [-0.2, -0.15) is 8.78 Å². The lowest BCUT2D eigenvalue weighted by atomic mass is 10.2. The molecule has 152 valence electrons. The van der Waals surface area contributed by atoms with Crippen molar-refractivity contribution in [3.05, 3.63) is 64.0 Å². The van der Waals surface area contributed by atoms with Gasteiger partial charge in [-0.25, -0.2) is 4.99 Å². The van der Waals surface area contributed by atoms with Crippen molar-refractivity contribution in [2.45, 2.75) is 6.61 Å². The number of hydrogen-bond donors (Lipinski definition) is 0. The molecule has 0 saturated carbocycles. The average molecular weight is 439 g/mol. The zero-order valence-corrected chi connectivity index (χ0v) is 16.9. The van der Waals surface area contributed by atoms with E-state index in [0.29, 0.717) is 39.5 Å². The number of alkyl halides is 2. The van der Waals surface area contributed by atoms with Gasteiger partial charge in [0.05, 0.1) is 23.7 Å². The predicted octanol–water partition coefficient (Wildman–Crippen LogP) is 5.19. The zero-order valence-electron chi connectivity index (χ0n) is 15.3. The molecule has 2 aromatic carbocycles. The van der Waals surface area contributed by atoms with Crippen molar-refractivity contribution in [2.24, 2.45) is 4.99 Å². The van der Waals surface area contributed by atoms with Crippen LogP contribution in [0.4, 0.5) is 14.5 Å². The second-order valence-electron chi connectivity index (χ2n) is 5.88. The molecule has 0 aliphatic carbocycles. The summed E-state index contributed by atoms with van der Waals surface area (Å²) in [7, 11) is 1.56. The summed E-state index contributed by atoms with van der Waals surface area (Å²) >= 11 is 7.14. The fourth-order valence-electron chi connectivity index (χ4n) is 2.49. The summed E-state index contributed by atoms with van der Waals surface area (Å²) in [6, 6.07) is 13.0. The third-order valence-electron chi connectivity index (χ3n) is 3.86. The molecule has 0 atom stereocenters. The van der Waals surface area contributed by atoms with Crippen LogP contribution in [0.3, 0.4) is 0 Å². The molecule has 0 bridgehead atoms. The number of ether oxygens (including phenoxy) is 2. The Morgan fingerprint density at radius 2 is 1.86 bits per heavy atom. The minimum Gasteiger partial charge on any atom is -0.435 e. The van der Waals surface area contributed by atoms with Gasteiger partial charge < -0.3 is 9.47 Å². The summed E-state index contributed by atoms with van der Waals surface area (Å²) in [4.78, 5) is 19.4. The molecule has 1 amide bonds. The Morgan fingerprint density at radius 1 is 1.17 bits per heavy atom. The predicted molar refractivity (Wildman–Crippen MR) is 111 cm³/mol. The van der Waals surface area contributed by atoms with E-state index in [0.717, 1.165) is 0 Å². The lowest BCUT2D eigenvalue weighted by Crippen LogP contribution is -2.32. The number of hydrogen-bond acceptors (Lipinski definition) is 5. The minimum atomic E-state index is -2.88. The smallest absolute Gasteiger partial charge is 0.387 e. The number of amides is 1. The van der Waals surface area contributed by atoms with Crippen molar-refractivity contribution in [1.82, 2.24) is 4.90 Å². The molecule has 0 unspecified atom stereocenters. The highest BCUT2D eigenvalue weighted by molar-refractivity contribution is 8.18. The maximum absolute atomic E-state index is 12.8. The third kappa shape index (κ3) is 5.79. The summed E-state index contributed by atoms with van der Waals surface area (Å²) < 4.78 is 34.0. The van der Waals surface area contributed by atoms with E-state index in [1.165, 1.54) is 23.9 Å². The Labute approximate surface area is 176 Å². The first-order valence-electron chi connectivity index (χ1n) is 8.56. The lowest BCUT2D eigenvalue weighted by Gasteiger charge is -2.14. The fourth-order valence-corrected chi connectivity index (χ4v) is 3.64. The standard InChI is InChI=1S/C20H17ClF2N2O3S/c1-27-11-10-25-18(26)17(12-13-2-8-16(9-3-13)28-19(22)23)29-20(25)24-15-6-4-14(21)5-7-15/h2-9,12,19H,10-11H2,1H3. The van der Waals surface area contributed by atoms with Crippen LogP contribution in [0.2, 0.25) is 5.02 Å². The largest absolute Gasteiger partial charge is 0.435 e. The van der Waals surface area contributed by atoms with Gasteiger partial charge in [0.2, 0.25) is 0 Å². The number of rotatable bonds is 7. The van der Waals surface area contributed by atoms with Gasteiger partial charge in [-0.1, -0.05) is 23.7 Å². The van der Waals surface area contributed by atoms with Crippen LogP contribution in [0.15, 0.2) is 58.4 Å². The van der Waals surface area contributed by atoms with Gasteiger partial charge in [0.25, 0.3) is 5.91 Å². The highest BCUT2D eigenvalue weighted by atomic mass is 35.5. The third-order valence-corrected chi connectivity index (χ3v) is 5.12. The second-order valence-corrected chi connectivity index (χ2v) is 7.32. The summed E-state index contributed by atoms with van der Waals surface area (Å²) in [6.45, 7) is -2.17. The molecule has 1 fully saturated rings. The number of carbonyl (C=O) groups is 1. The minimum absolute atomic E-state index is 0.0549. The Morgan fingerprint density at radius 3 is 2.48 bits per heavy atom. The Balaban J connectivity index is 1.85. The van der Waals surface area contributed by atoms with E-state index in [9.17, 15) is 13.6 Å². The van der Waals surface area contributed by atoms with Gasteiger partial charge in [-0.15, -0.1) is 0 Å². The maximum Gasteiger partial charge on any atom is 0.387 e. The summed E-state index contributed by atoms with van der Waals surface area (Å²) in [5.74, 6) is -0.146. The molecular formula is C20H17ClF2N2O3S. The molecule has 1 aliphatic heterocycles. The maximum atomic E-state index is 12.8. The molecule has 0 N–H and O–H groups in total. The number of nitrogens with zero attached hydrogens (tertiary/aromatic N) is 2. The number of thioether (sulfide) groups is 1. The molecular weight excluding hydrogens is 422 g/mol. The number of methoxy groups -OCH3 is 1. The quantitative estimate of drug-likeness (QED) is 0.558. The zero-order chi connectivity index (χ0) is 20.8. The molecule has 5 nitrogen and oxygen atoms in total. The normalized spacial score (nSPS) is 17.0. The van der Waals surface area contributed by atoms with Crippen LogP contribution in [-0.4, -0.2) is 42.8 Å². The number of carbonyl (C=O) groups excluding carboxylic acids is 1. The highest BCUT2D eigenvalue weighted by Gasteiger charge is 2.33. The number of aliphatic imine (C=N–C) groups is 1. The van der Waals surface area contributed by atoms with Gasteiger partial charge in [0.1, 0.15) is 5.75 Å². The van der Waals surface area contributed by atoms with Crippen molar-refractivity contribution < 1.29 is 23.0 Å². The first-order chi connectivity index (χ1) is 14.0. The highest BCUT2D eigenvalue weighted by Crippen LogP contribution is 2.34. The first-order valence-corrected chi connectivity index (χ1v) is 9.75. The van der Waals surface area contributed by atoms with Gasteiger partial charge in [-0.05, 0) is 59.8 Å². The molecule has 3 rings (SSSR count). The van der Waals surface area contributed by atoms with Crippen LogP contribution in [0, 0.1) is 0 Å². The Kier molecular flexibility index (Phi) is 7.24. The van der Waals surface area contributed by atoms with Gasteiger partial charge in [-0.3, -0.25) is 9.69 Å². The second kappa shape index (κ2) is 9.87. The average Bonchev–Trinajstić information content (AvgIpc) is 2.97. The van der Waals surface area contributed by atoms with Crippen molar-refractivity contribution in [2.75, 3.05) is 20.3 Å². The fraction of sp³-hybridized carbons (Fsp3) is 0.200. The van der Waals surface area contributed by atoms with E-state index in [1.807, 2.05) is 0 Å². The molecule has 0 radical (unpaired) electrons. The van der Waals surface area contributed by atoms with Crippen molar-refractivity contribution in [1.29, 1.82) is 0 Å². The van der Waals surface area contributed by atoms with Crippen molar-refractivity contribution >= 4 is 46.2 Å². The van der Waals surface area contributed by atoms with E-state index < -0.39 is 6.61 Å². The van der Waals surface area contributed by atoms with Crippen LogP contribution >= 0.6 is 23.4 Å². The van der Waals surface area contributed by atoms with E-state index in [4.69, 9.17) is 16.3 Å². The van der Waals surface area contributed by atoms with Crippen molar-refractivity contribution in [3.8, 4) is 5.75 Å². The molecule has 9 heteroatoms. The number of amidine groups is 1. The van der Waals surface area contributed by atoms with E-state index >= 15 is 0 Å². The molecule has 29 heavy (non-hydrogen) atoms. The number of halogens is 3. The summed E-state index contributed by atoms with van der Waals surface area (Å²) in [5.41, 5.74) is 1.35. The molecule has 1 aliphatic rings. The van der Waals surface area contributed by atoms with Gasteiger partial charge in [0.15, 0.2) is 5.17 Å². The summed E-state index contributed by atoms with van der Waals surface area (Å²) in [6.07, 6.45) is 1.68. The SMILES string of the molecule is COCCN1C(=O)C(=Cc2ccc(OC(F)F)cc2)SC1=Nc1ccc(Cl)cc1. The van der Waals surface area contributed by atoms with Gasteiger partial charge >= 0.3 is 6.61 Å².